The van der Waals surface area contributed by atoms with Crippen molar-refractivity contribution in [1.29, 1.82) is 0 Å². The highest BCUT2D eigenvalue weighted by Crippen LogP contribution is 2.11. The minimum Gasteiger partial charge on any atom is -0.477 e. The fourth-order valence-electron chi connectivity index (χ4n) is 1.21. The van der Waals surface area contributed by atoms with Crippen LogP contribution in [-0.4, -0.2) is 30.7 Å². The van der Waals surface area contributed by atoms with Crippen LogP contribution in [0.5, 0.6) is 0 Å². The van der Waals surface area contributed by atoms with Crippen molar-refractivity contribution in [3.8, 4) is 0 Å². The van der Waals surface area contributed by atoms with Crippen molar-refractivity contribution in [1.82, 2.24) is 19.6 Å². The van der Waals surface area contributed by atoms with Gasteiger partial charge >= 0.3 is 5.97 Å². The molecule has 0 saturated carbocycles. The van der Waals surface area contributed by atoms with Crippen molar-refractivity contribution in [3.05, 3.63) is 17.6 Å². The number of carbonyl (C=O) groups is 1. The highest BCUT2D eigenvalue weighted by molar-refractivity contribution is 5.92. The van der Waals surface area contributed by atoms with Crippen molar-refractivity contribution < 1.29 is 9.90 Å². The van der Waals surface area contributed by atoms with Gasteiger partial charge in [0.1, 0.15) is 11.4 Å². The van der Waals surface area contributed by atoms with Gasteiger partial charge < -0.3 is 10.8 Å². The van der Waals surface area contributed by atoms with Crippen molar-refractivity contribution in [2.75, 3.05) is 5.73 Å². The Kier molecular flexibility index (Phi) is 2.00. The monoisotopic (exact) mass is 207 g/mol. The van der Waals surface area contributed by atoms with Gasteiger partial charge in [-0.2, -0.15) is 9.50 Å². The summed E-state index contributed by atoms with van der Waals surface area (Å²) in [5.74, 6) is -0.193. The average molecular weight is 207 g/mol. The molecule has 2 rings (SSSR count). The predicted molar refractivity (Wildman–Crippen MR) is 51.5 cm³/mol. The number of carboxylic acids is 1. The summed E-state index contributed by atoms with van der Waals surface area (Å²) >= 11 is 0. The smallest absolute Gasteiger partial charge is 0.341 e. The molecule has 7 heteroatoms. The maximum atomic E-state index is 10.8. The molecule has 2 aromatic rings. The van der Waals surface area contributed by atoms with E-state index in [-0.39, 0.29) is 11.4 Å². The molecule has 0 unspecified atom stereocenters. The third-order valence-corrected chi connectivity index (χ3v) is 1.99. The lowest BCUT2D eigenvalue weighted by molar-refractivity contribution is 0.0697. The SMILES string of the molecule is CCc1nc2ncc(C(=O)O)c(N)n2n1. The van der Waals surface area contributed by atoms with Gasteiger partial charge in [-0.15, -0.1) is 5.10 Å². The third kappa shape index (κ3) is 1.37. The second-order valence-corrected chi connectivity index (χ2v) is 2.96. The van der Waals surface area contributed by atoms with Gasteiger partial charge in [-0.05, 0) is 0 Å². The summed E-state index contributed by atoms with van der Waals surface area (Å²) in [6, 6.07) is 0. The van der Waals surface area contributed by atoms with E-state index in [0.717, 1.165) is 0 Å². The van der Waals surface area contributed by atoms with Gasteiger partial charge in [-0.3, -0.25) is 0 Å². The van der Waals surface area contributed by atoms with Gasteiger partial charge in [0.2, 0.25) is 0 Å². The third-order valence-electron chi connectivity index (χ3n) is 1.99. The van der Waals surface area contributed by atoms with E-state index in [4.69, 9.17) is 10.8 Å². The number of nitrogen functional groups attached to an aromatic ring is 1. The van der Waals surface area contributed by atoms with Gasteiger partial charge in [-0.1, -0.05) is 6.92 Å². The molecule has 2 aromatic heterocycles. The first-order valence-corrected chi connectivity index (χ1v) is 4.37. The molecule has 78 valence electrons. The fourth-order valence-corrected chi connectivity index (χ4v) is 1.21. The molecule has 0 bridgehead atoms. The zero-order chi connectivity index (χ0) is 11.0. The quantitative estimate of drug-likeness (QED) is 0.716. The Morgan fingerprint density at radius 1 is 1.67 bits per heavy atom. The van der Waals surface area contributed by atoms with Crippen LogP contribution in [-0.2, 0) is 6.42 Å². The van der Waals surface area contributed by atoms with E-state index in [1.807, 2.05) is 6.92 Å². The Morgan fingerprint density at radius 2 is 2.40 bits per heavy atom. The molecule has 0 atom stereocenters. The number of aryl methyl sites for hydroxylation is 1. The largest absolute Gasteiger partial charge is 0.477 e. The number of nitrogens with zero attached hydrogens (tertiary/aromatic N) is 4. The number of fused-ring (bicyclic) bond motifs is 1. The number of hydrogen-bond acceptors (Lipinski definition) is 5. The van der Waals surface area contributed by atoms with Crippen LogP contribution in [0.15, 0.2) is 6.20 Å². The van der Waals surface area contributed by atoms with Crippen LogP contribution >= 0.6 is 0 Å². The Hall–Kier alpha value is -2.18. The van der Waals surface area contributed by atoms with Crippen LogP contribution in [0, 0.1) is 0 Å². The molecule has 15 heavy (non-hydrogen) atoms. The Balaban J connectivity index is 2.72. The van der Waals surface area contributed by atoms with Gasteiger partial charge in [0.25, 0.3) is 5.78 Å². The van der Waals surface area contributed by atoms with Gasteiger partial charge in [0, 0.05) is 12.6 Å². The number of rotatable bonds is 2. The lowest BCUT2D eigenvalue weighted by Gasteiger charge is -2.00. The van der Waals surface area contributed by atoms with Crippen LogP contribution in [0.4, 0.5) is 5.82 Å². The normalized spacial score (nSPS) is 10.7. The maximum Gasteiger partial charge on any atom is 0.341 e. The zero-order valence-electron chi connectivity index (χ0n) is 8.01. The first kappa shape index (κ1) is 9.38. The molecule has 0 aliphatic rings. The summed E-state index contributed by atoms with van der Waals surface area (Å²) in [5.41, 5.74) is 5.55. The highest BCUT2D eigenvalue weighted by atomic mass is 16.4. The molecule has 0 aromatic carbocycles. The van der Waals surface area contributed by atoms with E-state index >= 15 is 0 Å². The molecular formula is C8H9N5O2. The molecule has 2 heterocycles. The maximum absolute atomic E-state index is 10.8. The molecule has 0 aliphatic heterocycles. The number of aromatic nitrogens is 4. The van der Waals surface area contributed by atoms with E-state index in [2.05, 4.69) is 15.1 Å². The van der Waals surface area contributed by atoms with E-state index < -0.39 is 5.97 Å². The minimum absolute atomic E-state index is 0.0414. The Bertz CT molecular complexity index is 533. The molecule has 0 fully saturated rings. The van der Waals surface area contributed by atoms with Crippen molar-refractivity contribution in [2.24, 2.45) is 0 Å². The van der Waals surface area contributed by atoms with Crippen molar-refractivity contribution in [2.45, 2.75) is 13.3 Å². The number of anilines is 1. The summed E-state index contributed by atoms with van der Waals surface area (Å²) in [6.45, 7) is 1.89. The van der Waals surface area contributed by atoms with Crippen LogP contribution in [0.25, 0.3) is 5.78 Å². The molecule has 0 amide bonds. The lowest BCUT2D eigenvalue weighted by atomic mass is 10.3. The Labute approximate surface area is 84.6 Å². The molecule has 0 aliphatic carbocycles. The molecule has 0 saturated heterocycles. The van der Waals surface area contributed by atoms with Gasteiger partial charge in [-0.25, -0.2) is 9.78 Å². The topological polar surface area (TPSA) is 106 Å². The van der Waals surface area contributed by atoms with E-state index in [1.54, 1.807) is 0 Å². The average Bonchev–Trinajstić information content (AvgIpc) is 2.61. The fraction of sp³-hybridized carbons (Fsp3) is 0.250. The van der Waals surface area contributed by atoms with Crippen LogP contribution in [0.3, 0.4) is 0 Å². The van der Waals surface area contributed by atoms with Crippen LogP contribution in [0.2, 0.25) is 0 Å². The van der Waals surface area contributed by atoms with Gasteiger partial charge in [0.05, 0.1) is 0 Å². The van der Waals surface area contributed by atoms with E-state index in [1.165, 1.54) is 10.7 Å². The first-order chi connectivity index (χ1) is 7.13. The number of aromatic carboxylic acids is 1. The highest BCUT2D eigenvalue weighted by Gasteiger charge is 2.14. The lowest BCUT2D eigenvalue weighted by Crippen LogP contribution is -2.09. The molecule has 0 radical (unpaired) electrons. The second-order valence-electron chi connectivity index (χ2n) is 2.96. The first-order valence-electron chi connectivity index (χ1n) is 4.37. The summed E-state index contributed by atoms with van der Waals surface area (Å²) in [7, 11) is 0. The zero-order valence-corrected chi connectivity index (χ0v) is 8.01. The molecule has 7 nitrogen and oxygen atoms in total. The summed E-state index contributed by atoms with van der Waals surface area (Å²) in [6.07, 6.45) is 1.83. The standard InChI is InChI=1S/C8H9N5O2/c1-2-5-11-8-10-3-4(7(14)15)6(9)13(8)12-5/h3H,2,9H2,1H3,(H,14,15). The van der Waals surface area contributed by atoms with E-state index in [9.17, 15) is 4.79 Å². The van der Waals surface area contributed by atoms with Crippen LogP contribution < -0.4 is 5.73 Å². The molecule has 3 N–H and O–H groups in total. The number of nitrogens with two attached hydrogens (primary N) is 1. The molecule has 0 spiro atoms. The summed E-state index contributed by atoms with van der Waals surface area (Å²) in [5, 5.41) is 12.8. The van der Waals surface area contributed by atoms with Crippen molar-refractivity contribution in [3.63, 3.8) is 0 Å². The van der Waals surface area contributed by atoms with Gasteiger partial charge in [0.15, 0.2) is 5.82 Å². The predicted octanol–water partition coefficient (Wildman–Crippen LogP) is -0.0329. The van der Waals surface area contributed by atoms with Crippen molar-refractivity contribution >= 4 is 17.6 Å². The van der Waals surface area contributed by atoms with E-state index in [0.29, 0.717) is 18.0 Å². The minimum atomic E-state index is -1.13. The number of hydrogen-bond donors (Lipinski definition) is 2. The number of carboxylic acid groups (broad SMARTS) is 1. The van der Waals surface area contributed by atoms with Crippen LogP contribution in [0.1, 0.15) is 23.1 Å². The summed E-state index contributed by atoms with van der Waals surface area (Å²) in [4.78, 5) is 18.7. The Morgan fingerprint density at radius 3 is 3.00 bits per heavy atom. The molecular weight excluding hydrogens is 198 g/mol. The second kappa shape index (κ2) is 3.19. The summed E-state index contributed by atoms with van der Waals surface area (Å²) < 4.78 is 1.24.